The molecule has 0 aliphatic heterocycles. The molecule has 1 aromatic heterocycles. The molecule has 2 nitrogen and oxygen atoms in total. The van der Waals surface area contributed by atoms with E-state index in [1.807, 2.05) is 12.1 Å². The quantitative estimate of drug-likeness (QED) is 0.833. The Hall–Kier alpha value is -1.87. The van der Waals surface area contributed by atoms with Crippen LogP contribution in [0.15, 0.2) is 42.5 Å². The summed E-state index contributed by atoms with van der Waals surface area (Å²) in [6.45, 7) is 2.05. The molecule has 0 fully saturated rings. The van der Waals surface area contributed by atoms with Gasteiger partial charge in [0.2, 0.25) is 0 Å². The Labute approximate surface area is 104 Å². The van der Waals surface area contributed by atoms with E-state index in [2.05, 4.69) is 31.2 Å². The van der Waals surface area contributed by atoms with E-state index in [0.29, 0.717) is 0 Å². The van der Waals surface area contributed by atoms with E-state index in [1.165, 1.54) is 5.56 Å². The first-order valence-electron chi connectivity index (χ1n) is 5.23. The zero-order chi connectivity index (χ0) is 12.3. The lowest BCUT2D eigenvalue weighted by Crippen LogP contribution is -1.84. The molecule has 1 heterocycles. The molecule has 0 atom stereocenters. The van der Waals surface area contributed by atoms with Gasteiger partial charge in [-0.3, -0.25) is 0 Å². The lowest BCUT2D eigenvalue weighted by molar-refractivity contribution is -0.131. The molecule has 0 spiro atoms. The minimum absolute atomic E-state index is 0.921. The average molecular weight is 244 g/mol. The number of carboxylic acid groups (broad SMARTS) is 1. The van der Waals surface area contributed by atoms with Crippen molar-refractivity contribution in [3.8, 4) is 10.4 Å². The first-order chi connectivity index (χ1) is 8.15. The molecule has 2 aromatic rings. The molecule has 86 valence electrons. The first kappa shape index (κ1) is 11.6. The summed E-state index contributed by atoms with van der Waals surface area (Å²) in [5.41, 5.74) is 2.40. The Balaban J connectivity index is 2.23. The number of aliphatic carboxylic acids is 1. The molecule has 0 unspecified atom stereocenters. The predicted octanol–water partition coefficient (Wildman–Crippen LogP) is 3.82. The summed E-state index contributed by atoms with van der Waals surface area (Å²) in [6.07, 6.45) is 2.77. The fourth-order valence-electron chi connectivity index (χ4n) is 1.47. The van der Waals surface area contributed by atoms with E-state index in [-0.39, 0.29) is 0 Å². The van der Waals surface area contributed by atoms with Gasteiger partial charge in [-0.2, -0.15) is 0 Å². The highest BCUT2D eigenvalue weighted by atomic mass is 32.1. The van der Waals surface area contributed by atoms with Crippen LogP contribution >= 0.6 is 11.3 Å². The van der Waals surface area contributed by atoms with Crippen LogP contribution in [0.1, 0.15) is 10.4 Å². The molecule has 0 aliphatic carbocycles. The smallest absolute Gasteiger partial charge is 0.328 e. The van der Waals surface area contributed by atoms with Crippen molar-refractivity contribution in [3.63, 3.8) is 0 Å². The van der Waals surface area contributed by atoms with Crippen LogP contribution in [0.25, 0.3) is 16.5 Å². The van der Waals surface area contributed by atoms with Crippen molar-refractivity contribution in [1.82, 2.24) is 0 Å². The van der Waals surface area contributed by atoms with Crippen molar-refractivity contribution in [2.45, 2.75) is 6.92 Å². The van der Waals surface area contributed by atoms with Gasteiger partial charge in [-0.1, -0.05) is 29.8 Å². The summed E-state index contributed by atoms with van der Waals surface area (Å²) in [6, 6.07) is 12.2. The van der Waals surface area contributed by atoms with E-state index < -0.39 is 5.97 Å². The van der Waals surface area contributed by atoms with Crippen molar-refractivity contribution in [2.75, 3.05) is 0 Å². The van der Waals surface area contributed by atoms with Gasteiger partial charge in [-0.05, 0) is 30.7 Å². The standard InChI is InChI=1S/C14H12O2S/c1-10-2-4-11(5-3-10)13-8-6-12(17-13)7-9-14(15)16/h2-9H,1H3,(H,15,16)/b9-7+. The minimum atomic E-state index is -0.921. The van der Waals surface area contributed by atoms with Gasteiger partial charge in [-0.15, -0.1) is 11.3 Å². The second-order valence-electron chi connectivity index (χ2n) is 3.74. The van der Waals surface area contributed by atoms with Crippen LogP contribution in [-0.4, -0.2) is 11.1 Å². The normalized spacial score (nSPS) is 10.9. The summed E-state index contributed by atoms with van der Waals surface area (Å²) < 4.78 is 0. The maximum atomic E-state index is 10.4. The molecule has 0 amide bonds. The molecule has 0 saturated heterocycles. The number of benzene rings is 1. The van der Waals surface area contributed by atoms with E-state index in [1.54, 1.807) is 17.4 Å². The highest BCUT2D eigenvalue weighted by Crippen LogP contribution is 2.28. The number of carbonyl (C=O) groups is 1. The van der Waals surface area contributed by atoms with E-state index in [4.69, 9.17) is 5.11 Å². The van der Waals surface area contributed by atoms with E-state index >= 15 is 0 Å². The Morgan fingerprint density at radius 1 is 1.18 bits per heavy atom. The van der Waals surface area contributed by atoms with Gasteiger partial charge in [0, 0.05) is 15.8 Å². The van der Waals surface area contributed by atoms with Gasteiger partial charge in [0.05, 0.1) is 0 Å². The van der Waals surface area contributed by atoms with Crippen LogP contribution in [0.2, 0.25) is 0 Å². The molecular weight excluding hydrogens is 232 g/mol. The number of hydrogen-bond acceptors (Lipinski definition) is 2. The number of hydrogen-bond donors (Lipinski definition) is 1. The van der Waals surface area contributed by atoms with Crippen LogP contribution < -0.4 is 0 Å². The summed E-state index contributed by atoms with van der Waals surface area (Å²) >= 11 is 1.58. The lowest BCUT2D eigenvalue weighted by Gasteiger charge is -1.97. The maximum absolute atomic E-state index is 10.4. The zero-order valence-corrected chi connectivity index (χ0v) is 10.2. The van der Waals surface area contributed by atoms with Gasteiger partial charge < -0.3 is 5.11 Å². The van der Waals surface area contributed by atoms with Gasteiger partial charge in [0.1, 0.15) is 0 Å². The molecule has 3 heteroatoms. The van der Waals surface area contributed by atoms with Crippen molar-refractivity contribution >= 4 is 23.4 Å². The fraction of sp³-hybridized carbons (Fsp3) is 0.0714. The minimum Gasteiger partial charge on any atom is -0.478 e. The molecular formula is C14H12O2S. The third kappa shape index (κ3) is 3.04. The Morgan fingerprint density at radius 3 is 2.53 bits per heavy atom. The summed E-state index contributed by atoms with van der Waals surface area (Å²) in [5.74, 6) is -0.921. The highest BCUT2D eigenvalue weighted by Gasteiger charge is 2.01. The average Bonchev–Trinajstić information content (AvgIpc) is 2.76. The number of thiophene rings is 1. The van der Waals surface area contributed by atoms with E-state index in [9.17, 15) is 4.79 Å². The van der Waals surface area contributed by atoms with Crippen molar-refractivity contribution in [2.24, 2.45) is 0 Å². The third-order valence-electron chi connectivity index (χ3n) is 2.35. The molecule has 0 aliphatic rings. The predicted molar refractivity (Wildman–Crippen MR) is 71.2 cm³/mol. The Morgan fingerprint density at radius 2 is 1.88 bits per heavy atom. The van der Waals surface area contributed by atoms with Crippen LogP contribution in [0.3, 0.4) is 0 Å². The molecule has 1 N–H and O–H groups in total. The van der Waals surface area contributed by atoms with Crippen molar-refractivity contribution < 1.29 is 9.90 Å². The maximum Gasteiger partial charge on any atom is 0.328 e. The van der Waals surface area contributed by atoms with E-state index in [0.717, 1.165) is 21.4 Å². The number of rotatable bonds is 3. The molecule has 17 heavy (non-hydrogen) atoms. The van der Waals surface area contributed by atoms with Gasteiger partial charge >= 0.3 is 5.97 Å². The molecule has 0 radical (unpaired) electrons. The molecule has 0 bridgehead atoms. The lowest BCUT2D eigenvalue weighted by atomic mass is 10.1. The van der Waals surface area contributed by atoms with Crippen LogP contribution in [-0.2, 0) is 4.79 Å². The second kappa shape index (κ2) is 4.97. The fourth-order valence-corrected chi connectivity index (χ4v) is 2.38. The van der Waals surface area contributed by atoms with Gasteiger partial charge in [0.25, 0.3) is 0 Å². The molecule has 1 aromatic carbocycles. The van der Waals surface area contributed by atoms with Crippen LogP contribution in [0.5, 0.6) is 0 Å². The zero-order valence-electron chi connectivity index (χ0n) is 9.38. The largest absolute Gasteiger partial charge is 0.478 e. The number of aryl methyl sites for hydroxylation is 1. The van der Waals surface area contributed by atoms with Gasteiger partial charge in [-0.25, -0.2) is 4.79 Å². The van der Waals surface area contributed by atoms with Crippen molar-refractivity contribution in [3.05, 3.63) is 52.9 Å². The summed E-state index contributed by atoms with van der Waals surface area (Å²) in [7, 11) is 0. The van der Waals surface area contributed by atoms with Crippen molar-refractivity contribution in [1.29, 1.82) is 0 Å². The molecule has 0 saturated carbocycles. The molecule has 2 rings (SSSR count). The number of carboxylic acids is 1. The topological polar surface area (TPSA) is 37.3 Å². The SMILES string of the molecule is Cc1ccc(-c2ccc(/C=C/C(=O)O)s2)cc1. The monoisotopic (exact) mass is 244 g/mol. The van der Waals surface area contributed by atoms with Gasteiger partial charge in [0.15, 0.2) is 0 Å². The first-order valence-corrected chi connectivity index (χ1v) is 6.05. The summed E-state index contributed by atoms with van der Waals surface area (Å²) in [4.78, 5) is 12.5. The summed E-state index contributed by atoms with van der Waals surface area (Å²) in [5, 5.41) is 8.55. The van der Waals surface area contributed by atoms with Crippen LogP contribution in [0.4, 0.5) is 0 Å². The second-order valence-corrected chi connectivity index (χ2v) is 4.85. The Kier molecular flexibility index (Phi) is 3.40. The Bertz CT molecular complexity index is 550. The van der Waals surface area contributed by atoms with Crippen LogP contribution in [0, 0.1) is 6.92 Å². The third-order valence-corrected chi connectivity index (χ3v) is 3.45. The highest BCUT2D eigenvalue weighted by molar-refractivity contribution is 7.16.